The number of hydrogen-bond acceptors (Lipinski definition) is 11. The molecule has 0 fully saturated rings. The quantitative estimate of drug-likeness (QED) is 0.0245. The van der Waals surface area contributed by atoms with Gasteiger partial charge in [0.1, 0.15) is 19.8 Å². The van der Waals surface area contributed by atoms with E-state index >= 15 is 0 Å². The van der Waals surface area contributed by atoms with Gasteiger partial charge in [-0.1, -0.05) is 141 Å². The second kappa shape index (κ2) is 42.9. The van der Waals surface area contributed by atoms with Crippen molar-refractivity contribution in [3.63, 3.8) is 0 Å². The standard InChI is InChI=1S/C51H88N4O9/c1-3-5-7-9-11-13-15-17-19-21-23-25-27-29-31-33-47(56)62-41-45(64-50(59)34-32-30-28-26-24-22-20-18-16-14-12-10-8-6-4-2)42-63-49(58)36-35-48(57)61-38-37-54-51(60)46(52)39-44-40-53-43-55-44/h17-20,40,43,45-46H,3-16,21-39,41-42,52H2,1-2H3,(H,53,55)(H,54,60)/b19-17-,20-18-/t45-,46?/m0/s1. The van der Waals surface area contributed by atoms with E-state index in [9.17, 15) is 24.0 Å². The highest BCUT2D eigenvalue weighted by molar-refractivity contribution is 5.81. The molecule has 0 bridgehead atoms. The smallest absolute Gasteiger partial charge is 0.306 e. The van der Waals surface area contributed by atoms with Crippen molar-refractivity contribution >= 4 is 29.8 Å². The largest absolute Gasteiger partial charge is 0.464 e. The number of ether oxygens (including phenoxy) is 4. The average molecular weight is 901 g/mol. The zero-order valence-corrected chi connectivity index (χ0v) is 40.1. The topological polar surface area (TPSA) is 189 Å². The van der Waals surface area contributed by atoms with Crippen LogP contribution >= 0.6 is 0 Å². The predicted molar refractivity (Wildman–Crippen MR) is 254 cm³/mol. The van der Waals surface area contributed by atoms with E-state index in [1.807, 2.05) is 0 Å². The molecule has 0 aliphatic carbocycles. The van der Waals surface area contributed by atoms with Gasteiger partial charge < -0.3 is 35.0 Å². The molecular weight excluding hydrogens is 813 g/mol. The fraction of sp³-hybridized carbons (Fsp3) is 0.765. The van der Waals surface area contributed by atoms with Crippen LogP contribution in [0.5, 0.6) is 0 Å². The number of imidazole rings is 1. The molecule has 0 aromatic carbocycles. The first-order valence-corrected chi connectivity index (χ1v) is 25.2. The van der Waals surface area contributed by atoms with Gasteiger partial charge in [0.15, 0.2) is 6.10 Å². The minimum atomic E-state index is -0.965. The molecule has 1 aromatic rings. The number of aromatic amines is 1. The molecule has 366 valence electrons. The van der Waals surface area contributed by atoms with E-state index in [0.29, 0.717) is 12.8 Å². The number of nitrogens with two attached hydrogens (primary N) is 1. The highest BCUT2D eigenvalue weighted by Crippen LogP contribution is 2.13. The van der Waals surface area contributed by atoms with Crippen LogP contribution in [0, 0.1) is 0 Å². The third-order valence-electron chi connectivity index (χ3n) is 11.0. The van der Waals surface area contributed by atoms with Gasteiger partial charge in [-0.2, -0.15) is 0 Å². The van der Waals surface area contributed by atoms with E-state index in [0.717, 1.165) is 76.3 Å². The molecule has 0 radical (unpaired) electrons. The number of nitrogens with zero attached hydrogens (tertiary/aromatic N) is 1. The Morgan fingerprint density at radius 1 is 0.578 bits per heavy atom. The molecular formula is C51H88N4O9. The summed E-state index contributed by atoms with van der Waals surface area (Å²) in [5, 5.41) is 2.61. The summed E-state index contributed by atoms with van der Waals surface area (Å²) < 4.78 is 21.5. The lowest BCUT2D eigenvalue weighted by Crippen LogP contribution is -2.43. The molecule has 0 saturated carbocycles. The number of allylic oxidation sites excluding steroid dienone is 4. The van der Waals surface area contributed by atoms with Crippen molar-refractivity contribution in [3.8, 4) is 0 Å². The van der Waals surface area contributed by atoms with Crippen molar-refractivity contribution in [2.24, 2.45) is 5.73 Å². The number of unbranched alkanes of at least 4 members (excludes halogenated alkanes) is 22. The Labute approximate surface area is 386 Å². The zero-order valence-electron chi connectivity index (χ0n) is 40.1. The zero-order chi connectivity index (χ0) is 46.6. The van der Waals surface area contributed by atoms with Crippen LogP contribution in [0.15, 0.2) is 36.8 Å². The Kier molecular flexibility index (Phi) is 38.9. The maximum atomic E-state index is 12.8. The summed E-state index contributed by atoms with van der Waals surface area (Å²) in [6, 6.07) is -0.790. The van der Waals surface area contributed by atoms with Crippen molar-refractivity contribution < 1.29 is 42.9 Å². The summed E-state index contributed by atoms with van der Waals surface area (Å²) in [6.45, 7) is 3.92. The predicted octanol–water partition coefficient (Wildman–Crippen LogP) is 10.8. The van der Waals surface area contributed by atoms with E-state index in [4.69, 9.17) is 24.7 Å². The molecule has 64 heavy (non-hydrogen) atoms. The summed E-state index contributed by atoms with van der Waals surface area (Å²) in [6.07, 6.45) is 41.7. The fourth-order valence-corrected chi connectivity index (χ4v) is 7.03. The van der Waals surface area contributed by atoms with Gasteiger partial charge in [0, 0.05) is 31.2 Å². The van der Waals surface area contributed by atoms with Gasteiger partial charge in [-0.15, -0.1) is 0 Å². The molecule has 1 heterocycles. The lowest BCUT2D eigenvalue weighted by atomic mass is 10.1. The van der Waals surface area contributed by atoms with Crippen molar-refractivity contribution in [1.82, 2.24) is 15.3 Å². The van der Waals surface area contributed by atoms with Crippen molar-refractivity contribution in [1.29, 1.82) is 0 Å². The van der Waals surface area contributed by atoms with Gasteiger partial charge in [-0.3, -0.25) is 24.0 Å². The molecule has 2 atom stereocenters. The lowest BCUT2D eigenvalue weighted by Gasteiger charge is -2.18. The minimum Gasteiger partial charge on any atom is -0.464 e. The number of H-pyrrole nitrogens is 1. The molecule has 0 saturated heterocycles. The van der Waals surface area contributed by atoms with Crippen LogP contribution in [0.4, 0.5) is 0 Å². The summed E-state index contributed by atoms with van der Waals surface area (Å²) >= 11 is 0. The number of rotatable bonds is 44. The summed E-state index contributed by atoms with van der Waals surface area (Å²) in [4.78, 5) is 69.1. The second-order valence-corrected chi connectivity index (χ2v) is 17.0. The number of hydrogen-bond donors (Lipinski definition) is 3. The van der Waals surface area contributed by atoms with Crippen LogP contribution in [-0.2, 0) is 49.3 Å². The normalized spacial score (nSPS) is 12.4. The van der Waals surface area contributed by atoms with Crippen molar-refractivity contribution in [2.45, 2.75) is 225 Å². The number of nitrogens with one attached hydrogen (secondary N) is 2. The summed E-state index contributed by atoms with van der Waals surface area (Å²) in [5.41, 5.74) is 6.63. The molecule has 0 aliphatic heterocycles. The third kappa shape index (κ3) is 37.4. The Morgan fingerprint density at radius 3 is 1.47 bits per heavy atom. The maximum absolute atomic E-state index is 12.8. The SMILES string of the molecule is CCCCCCCC/C=C\CCCCCCCC(=O)OC[C@@H](COC(=O)CCC(=O)OCCNC(=O)C(N)Cc1cnc[nH]1)OC(=O)CCCCCCC/C=C\CCCCCCCC. The van der Waals surface area contributed by atoms with Crippen LogP contribution in [0.3, 0.4) is 0 Å². The van der Waals surface area contributed by atoms with E-state index in [1.165, 1.54) is 89.8 Å². The number of amides is 1. The van der Waals surface area contributed by atoms with Crippen LogP contribution in [0.1, 0.15) is 212 Å². The van der Waals surface area contributed by atoms with Crippen LogP contribution in [0.25, 0.3) is 0 Å². The molecule has 13 heteroatoms. The van der Waals surface area contributed by atoms with Gasteiger partial charge >= 0.3 is 23.9 Å². The van der Waals surface area contributed by atoms with Gasteiger partial charge in [-0.25, -0.2) is 4.98 Å². The molecule has 13 nitrogen and oxygen atoms in total. The minimum absolute atomic E-state index is 0.0612. The third-order valence-corrected chi connectivity index (χ3v) is 11.0. The number of carbonyl (C=O) groups is 5. The van der Waals surface area contributed by atoms with Crippen LogP contribution in [-0.4, -0.2) is 78.3 Å². The van der Waals surface area contributed by atoms with Crippen LogP contribution < -0.4 is 11.1 Å². The molecule has 1 rings (SSSR count). The van der Waals surface area contributed by atoms with Crippen LogP contribution in [0.2, 0.25) is 0 Å². The fourth-order valence-electron chi connectivity index (χ4n) is 7.03. The van der Waals surface area contributed by atoms with Gasteiger partial charge in [0.25, 0.3) is 0 Å². The molecule has 0 spiro atoms. The average Bonchev–Trinajstić information content (AvgIpc) is 3.81. The van der Waals surface area contributed by atoms with E-state index < -0.39 is 36.0 Å². The molecule has 1 unspecified atom stereocenters. The highest BCUT2D eigenvalue weighted by atomic mass is 16.6. The number of carbonyl (C=O) groups excluding carboxylic acids is 5. The van der Waals surface area contributed by atoms with Crippen molar-refractivity contribution in [2.75, 3.05) is 26.4 Å². The Morgan fingerprint density at radius 2 is 1.00 bits per heavy atom. The molecule has 1 aromatic heterocycles. The van der Waals surface area contributed by atoms with Gasteiger partial charge in [0.05, 0.1) is 31.8 Å². The molecule has 4 N–H and O–H groups in total. The second-order valence-electron chi connectivity index (χ2n) is 17.0. The van der Waals surface area contributed by atoms with Gasteiger partial charge in [-0.05, 0) is 64.2 Å². The van der Waals surface area contributed by atoms with E-state index in [2.05, 4.69) is 53.4 Å². The first-order chi connectivity index (χ1) is 31.2. The van der Waals surface area contributed by atoms with E-state index in [-0.39, 0.29) is 64.4 Å². The maximum Gasteiger partial charge on any atom is 0.306 e. The lowest BCUT2D eigenvalue weighted by molar-refractivity contribution is -0.167. The Bertz CT molecular complexity index is 1370. The highest BCUT2D eigenvalue weighted by Gasteiger charge is 2.20. The molecule has 0 aliphatic rings. The Balaban J connectivity index is 2.37. The first kappa shape index (κ1) is 58.0. The molecule has 1 amide bonds. The summed E-state index contributed by atoms with van der Waals surface area (Å²) in [5.74, 6) is -2.55. The number of esters is 4. The van der Waals surface area contributed by atoms with E-state index in [1.54, 1.807) is 6.20 Å². The van der Waals surface area contributed by atoms with Gasteiger partial charge in [0.2, 0.25) is 5.91 Å². The first-order valence-electron chi connectivity index (χ1n) is 25.2. The Hall–Kier alpha value is -4.00. The van der Waals surface area contributed by atoms with Crippen molar-refractivity contribution in [3.05, 3.63) is 42.5 Å². The number of aromatic nitrogens is 2. The summed E-state index contributed by atoms with van der Waals surface area (Å²) in [7, 11) is 0. The monoisotopic (exact) mass is 901 g/mol.